The third-order valence-corrected chi connectivity index (χ3v) is 30.2. The molecule has 17 rings (SSSR count). The van der Waals surface area contributed by atoms with Gasteiger partial charge >= 0.3 is 5.88 Å². The number of aryl methyl sites for hydroxylation is 1. The Morgan fingerprint density at radius 2 is 0.429 bits per heavy atom. The van der Waals surface area contributed by atoms with Gasteiger partial charge in [-0.25, -0.2) is 15.0 Å². The fourth-order valence-electron chi connectivity index (χ4n) is 14.1. The molecular weight excluding hydrogens is 1370 g/mol. The van der Waals surface area contributed by atoms with E-state index in [2.05, 4.69) is 393 Å². The molecule has 17 aromatic carbocycles. The lowest BCUT2D eigenvalue weighted by Gasteiger charge is -2.28. The molecule has 0 aliphatic carbocycles. The third-order valence-electron chi connectivity index (χ3n) is 18.8. The summed E-state index contributed by atoms with van der Waals surface area (Å²) in [5, 5.41) is 26.7. The molecule has 8 heteroatoms. The Bertz CT molecular complexity index is 5160. The number of benzene rings is 17. The molecule has 0 amide bonds. The van der Waals surface area contributed by atoms with Crippen molar-refractivity contribution >= 4 is 148 Å². The maximum Gasteiger partial charge on any atom is 0.316 e. The molecule has 0 saturated heterocycles. The first kappa shape index (κ1) is 69.6. The number of rotatable bonds is 16. The van der Waals surface area contributed by atoms with Crippen LogP contribution in [-0.2, 0) is 9.84 Å². The zero-order valence-corrected chi connectivity index (χ0v) is 62.3. The van der Waals surface area contributed by atoms with Gasteiger partial charge in [-0.1, -0.05) is 406 Å². The molecule has 0 bridgehead atoms. The lowest BCUT2D eigenvalue weighted by Crippen LogP contribution is -2.26. The van der Waals surface area contributed by atoms with Gasteiger partial charge in [-0.15, -0.1) is 0 Å². The number of nitrogens with zero attached hydrogens (tertiary/aromatic N) is 1. The van der Waals surface area contributed by atoms with Crippen molar-refractivity contribution in [2.75, 3.05) is 5.88 Å². The van der Waals surface area contributed by atoms with E-state index in [4.69, 9.17) is 6.57 Å². The van der Waals surface area contributed by atoms with Gasteiger partial charge in [0.05, 0.1) is 4.90 Å². The number of hydrogen-bond donors (Lipinski definition) is 0. The second-order valence-electron chi connectivity index (χ2n) is 25.5. The van der Waals surface area contributed by atoms with E-state index in [0.717, 1.165) is 5.56 Å². The van der Waals surface area contributed by atoms with Crippen molar-refractivity contribution < 1.29 is 8.42 Å². The normalized spacial score (nSPS) is 11.4. The summed E-state index contributed by atoms with van der Waals surface area (Å²) in [6.45, 7) is 8.38. The van der Waals surface area contributed by atoms with Crippen LogP contribution in [0.1, 0.15) is 5.56 Å². The van der Waals surface area contributed by atoms with Crippen LogP contribution in [0.4, 0.5) is 0 Å². The van der Waals surface area contributed by atoms with Crippen LogP contribution in [0.5, 0.6) is 0 Å². The molecule has 105 heavy (non-hydrogen) atoms. The Labute approximate surface area is 621 Å². The summed E-state index contributed by atoms with van der Waals surface area (Å²) in [6.07, 6.45) is 0. The molecule has 17 aromatic rings. The standard InChI is InChI=1S/2C44H32P2.C9H9NO2S/c2*1-5-19-35(20-6-1)45(36-21-7-2-8-22-36)41-31-29-33-17-13-15-27-39(33)43(41)44-40-28-16-14-18-34(40)30-32-42(44)46(37-23-9-3-10-24-37)38-25-11-4-12-26-38;1-8-3-5-9(6-4-8)13(11,12)7-10-2/h2*1-32H;3-6H,7H2,1H3. The average Bonchev–Trinajstić information content (AvgIpc) is 0.738. The van der Waals surface area contributed by atoms with Gasteiger partial charge in [-0.3, -0.25) is 4.85 Å². The SMILES string of the molecule is [C-]#[N+]CS(=O)(=O)c1ccc(C)cc1.c1ccc(P(c2ccccc2)c2ccc3ccccc3c2-c2c(P(c3ccccc3)c3ccccc3)ccc3ccccc23)cc1.c1ccc(P(c2ccccc2)c2ccc3ccccc3c2-c2c(P(c3ccccc3)c3ccccc3)ccc3ccccc23)cc1. The Hall–Kier alpha value is -11.1. The summed E-state index contributed by atoms with van der Waals surface area (Å²) in [5.74, 6) is -0.476. The van der Waals surface area contributed by atoms with Crippen LogP contribution in [0, 0.1) is 13.5 Å². The Morgan fingerprint density at radius 3 is 0.629 bits per heavy atom. The highest BCUT2D eigenvalue weighted by molar-refractivity contribution is 7.91. The zero-order valence-electron chi connectivity index (χ0n) is 57.9. The highest BCUT2D eigenvalue weighted by atomic mass is 32.2. The van der Waals surface area contributed by atoms with Gasteiger partial charge < -0.3 is 0 Å². The van der Waals surface area contributed by atoms with Crippen molar-refractivity contribution in [2.24, 2.45) is 0 Å². The smallest absolute Gasteiger partial charge is 0.299 e. The van der Waals surface area contributed by atoms with Crippen LogP contribution >= 0.6 is 31.7 Å². The van der Waals surface area contributed by atoms with Crippen LogP contribution < -0.4 is 63.7 Å². The molecular formula is C97H73NO2P4S. The second-order valence-corrected chi connectivity index (χ2v) is 36.2. The quantitative estimate of drug-likeness (QED) is 0.0714. The second kappa shape index (κ2) is 32.7. The van der Waals surface area contributed by atoms with E-state index < -0.39 is 47.4 Å². The first-order valence-corrected chi connectivity index (χ1v) is 42.1. The van der Waals surface area contributed by atoms with Gasteiger partial charge in [0.25, 0.3) is 9.84 Å². The summed E-state index contributed by atoms with van der Waals surface area (Å²) < 4.78 is 22.7. The summed E-state index contributed by atoms with van der Waals surface area (Å²) in [6, 6.07) is 150. The van der Waals surface area contributed by atoms with Crippen LogP contribution in [0.15, 0.2) is 417 Å². The molecule has 0 fully saturated rings. The number of fused-ring (bicyclic) bond motifs is 4. The minimum atomic E-state index is -3.38. The summed E-state index contributed by atoms with van der Waals surface area (Å²) in [4.78, 5) is 3.08. The monoisotopic (exact) mass is 1440 g/mol. The van der Waals surface area contributed by atoms with E-state index in [1.165, 1.54) is 141 Å². The van der Waals surface area contributed by atoms with Crippen LogP contribution in [0.25, 0.3) is 70.2 Å². The molecule has 504 valence electrons. The van der Waals surface area contributed by atoms with E-state index in [-0.39, 0.29) is 4.90 Å². The Balaban J connectivity index is 0.000000144. The van der Waals surface area contributed by atoms with Gasteiger partial charge in [0.2, 0.25) is 0 Å². The van der Waals surface area contributed by atoms with E-state index in [1.807, 2.05) is 6.92 Å². The van der Waals surface area contributed by atoms with Crippen LogP contribution in [0.2, 0.25) is 0 Å². The summed E-state index contributed by atoms with van der Waals surface area (Å²) in [7, 11) is -6.79. The first-order valence-electron chi connectivity index (χ1n) is 35.1. The molecule has 0 radical (unpaired) electrons. The van der Waals surface area contributed by atoms with Gasteiger partial charge in [-0.05, 0) is 180 Å². The van der Waals surface area contributed by atoms with Crippen molar-refractivity contribution in [3.8, 4) is 22.3 Å². The van der Waals surface area contributed by atoms with Gasteiger partial charge in [0.1, 0.15) is 0 Å². The first-order chi connectivity index (χ1) is 51.8. The summed E-state index contributed by atoms with van der Waals surface area (Å²) in [5.41, 5.74) is 6.40. The topological polar surface area (TPSA) is 38.5 Å². The highest BCUT2D eigenvalue weighted by Gasteiger charge is 2.31. The largest absolute Gasteiger partial charge is 0.316 e. The van der Waals surface area contributed by atoms with E-state index >= 15 is 0 Å². The van der Waals surface area contributed by atoms with Crippen molar-refractivity contribution in [3.63, 3.8) is 0 Å². The van der Waals surface area contributed by atoms with Crippen LogP contribution in [0.3, 0.4) is 0 Å². The molecule has 0 N–H and O–H groups in total. The molecule has 0 aliphatic heterocycles. The molecule has 0 heterocycles. The van der Waals surface area contributed by atoms with E-state index in [0.29, 0.717) is 0 Å². The molecule has 0 spiro atoms. The molecule has 0 aromatic heterocycles. The fourth-order valence-corrected chi connectivity index (χ4v) is 24.8. The Morgan fingerprint density at radius 1 is 0.238 bits per heavy atom. The van der Waals surface area contributed by atoms with Crippen molar-refractivity contribution in [2.45, 2.75) is 11.8 Å². The minimum Gasteiger partial charge on any atom is -0.299 e. The minimum absolute atomic E-state index is 0.217. The lowest BCUT2D eigenvalue weighted by molar-refractivity contribution is 0.599. The number of sulfone groups is 1. The molecule has 0 atom stereocenters. The van der Waals surface area contributed by atoms with Crippen molar-refractivity contribution in [3.05, 3.63) is 429 Å². The van der Waals surface area contributed by atoms with Crippen LogP contribution in [-0.4, -0.2) is 14.3 Å². The molecule has 3 nitrogen and oxygen atoms in total. The maximum absolute atomic E-state index is 11.3. The zero-order chi connectivity index (χ0) is 71.3. The van der Waals surface area contributed by atoms with Crippen molar-refractivity contribution in [1.82, 2.24) is 0 Å². The maximum atomic E-state index is 11.3. The third kappa shape index (κ3) is 15.2. The molecule has 0 unspecified atom stereocenters. The van der Waals surface area contributed by atoms with E-state index in [9.17, 15) is 8.42 Å². The van der Waals surface area contributed by atoms with Gasteiger partial charge in [0.15, 0.2) is 0 Å². The fraction of sp³-hybridized carbons (Fsp3) is 0.0206. The van der Waals surface area contributed by atoms with Gasteiger partial charge in [-0.2, -0.15) is 0 Å². The predicted molar refractivity (Wildman–Crippen MR) is 458 cm³/mol. The highest BCUT2D eigenvalue weighted by Crippen LogP contribution is 2.48. The summed E-state index contributed by atoms with van der Waals surface area (Å²) >= 11 is 0. The number of hydrogen-bond acceptors (Lipinski definition) is 2. The predicted octanol–water partition coefficient (Wildman–Crippen LogP) is 20.0. The molecule has 0 saturated carbocycles. The lowest BCUT2D eigenvalue weighted by atomic mass is 9.93. The van der Waals surface area contributed by atoms with Crippen molar-refractivity contribution in [1.29, 1.82) is 0 Å². The van der Waals surface area contributed by atoms with Gasteiger partial charge in [0, 0.05) is 0 Å². The van der Waals surface area contributed by atoms with E-state index in [1.54, 1.807) is 12.1 Å². The average molecular weight is 1440 g/mol. The molecule has 0 aliphatic rings. The Kier molecular flexibility index (Phi) is 21.7.